The summed E-state index contributed by atoms with van der Waals surface area (Å²) < 4.78 is 20.1. The SMILES string of the molecule is COc1ccc(NC(=O)CSc2nc(-c3cccc(F)c3)nc3cc(=O)[nH]n23)cc1. The van der Waals surface area contributed by atoms with Gasteiger partial charge < -0.3 is 10.1 Å². The van der Waals surface area contributed by atoms with Crippen LogP contribution in [0, 0.1) is 5.82 Å². The van der Waals surface area contributed by atoms with Crippen LogP contribution in [0.1, 0.15) is 0 Å². The molecule has 0 fully saturated rings. The molecule has 0 saturated carbocycles. The van der Waals surface area contributed by atoms with E-state index in [0.717, 1.165) is 11.8 Å². The van der Waals surface area contributed by atoms with Gasteiger partial charge >= 0.3 is 0 Å². The maximum atomic E-state index is 13.6. The number of hydrogen-bond acceptors (Lipinski definition) is 6. The number of ether oxygens (including phenoxy) is 1. The summed E-state index contributed by atoms with van der Waals surface area (Å²) in [6.07, 6.45) is 0. The van der Waals surface area contributed by atoms with Crippen LogP contribution in [0.25, 0.3) is 17.0 Å². The highest BCUT2D eigenvalue weighted by Gasteiger charge is 2.14. The van der Waals surface area contributed by atoms with E-state index in [9.17, 15) is 14.0 Å². The summed E-state index contributed by atoms with van der Waals surface area (Å²) in [7, 11) is 1.57. The minimum absolute atomic E-state index is 0.0426. The molecule has 1 amide bonds. The lowest BCUT2D eigenvalue weighted by Crippen LogP contribution is -2.15. The maximum absolute atomic E-state index is 13.6. The molecular formula is C20H16FN5O3S. The summed E-state index contributed by atoms with van der Waals surface area (Å²) in [4.78, 5) is 32.8. The average molecular weight is 425 g/mol. The summed E-state index contributed by atoms with van der Waals surface area (Å²) in [6.45, 7) is 0. The second-order valence-electron chi connectivity index (χ2n) is 6.22. The van der Waals surface area contributed by atoms with Crippen molar-refractivity contribution < 1.29 is 13.9 Å². The Bertz CT molecular complexity index is 1270. The number of carbonyl (C=O) groups is 1. The number of benzene rings is 2. The van der Waals surface area contributed by atoms with Gasteiger partial charge in [0.2, 0.25) is 5.91 Å². The Morgan fingerprint density at radius 1 is 1.20 bits per heavy atom. The molecule has 0 bridgehead atoms. The summed E-state index contributed by atoms with van der Waals surface area (Å²) >= 11 is 1.12. The number of halogens is 1. The predicted octanol–water partition coefficient (Wildman–Crippen LogP) is 2.96. The first-order chi connectivity index (χ1) is 14.5. The molecule has 8 nitrogen and oxygen atoms in total. The van der Waals surface area contributed by atoms with Crippen molar-refractivity contribution in [2.75, 3.05) is 18.2 Å². The van der Waals surface area contributed by atoms with Gasteiger partial charge in [0.25, 0.3) is 5.56 Å². The number of H-pyrrole nitrogens is 1. The van der Waals surface area contributed by atoms with Gasteiger partial charge in [-0.1, -0.05) is 23.9 Å². The van der Waals surface area contributed by atoms with Gasteiger partial charge in [0.1, 0.15) is 11.6 Å². The van der Waals surface area contributed by atoms with Crippen LogP contribution < -0.4 is 15.6 Å². The fourth-order valence-electron chi connectivity index (χ4n) is 2.74. The number of methoxy groups -OCH3 is 1. The lowest BCUT2D eigenvalue weighted by Gasteiger charge is -2.08. The van der Waals surface area contributed by atoms with Crippen LogP contribution in [0.4, 0.5) is 10.1 Å². The minimum Gasteiger partial charge on any atom is -0.497 e. The largest absolute Gasteiger partial charge is 0.497 e. The van der Waals surface area contributed by atoms with E-state index in [1.807, 2.05) is 0 Å². The smallest absolute Gasteiger partial charge is 0.266 e. The molecule has 2 heterocycles. The highest BCUT2D eigenvalue weighted by molar-refractivity contribution is 7.99. The standard InChI is InChI=1S/C20H16FN5O3S/c1-29-15-7-5-14(6-8-15)22-18(28)11-30-20-24-19(12-3-2-4-13(21)9-12)23-16-10-17(27)25-26(16)20/h2-10H,11H2,1H3,(H,22,28)(H,25,27). The molecule has 0 aliphatic carbocycles. The Balaban J connectivity index is 1.56. The van der Waals surface area contributed by atoms with Crippen molar-refractivity contribution in [3.05, 3.63) is 70.8 Å². The molecule has 0 radical (unpaired) electrons. The van der Waals surface area contributed by atoms with Crippen LogP contribution in [0.3, 0.4) is 0 Å². The first-order valence-corrected chi connectivity index (χ1v) is 9.83. The van der Waals surface area contributed by atoms with E-state index in [1.54, 1.807) is 43.5 Å². The van der Waals surface area contributed by atoms with Gasteiger partial charge in [-0.25, -0.2) is 18.9 Å². The number of nitrogens with one attached hydrogen (secondary N) is 2. The molecule has 0 atom stereocenters. The third-order valence-electron chi connectivity index (χ3n) is 4.11. The molecular weight excluding hydrogens is 409 g/mol. The van der Waals surface area contributed by atoms with Crippen LogP contribution in [-0.4, -0.2) is 38.4 Å². The third-order valence-corrected chi connectivity index (χ3v) is 5.05. The molecule has 30 heavy (non-hydrogen) atoms. The van der Waals surface area contributed by atoms with Gasteiger partial charge in [-0.2, -0.15) is 0 Å². The average Bonchev–Trinajstić information content (AvgIpc) is 3.12. The summed E-state index contributed by atoms with van der Waals surface area (Å²) in [5, 5.41) is 5.73. The molecule has 2 N–H and O–H groups in total. The van der Waals surface area contributed by atoms with E-state index in [1.165, 1.54) is 22.7 Å². The van der Waals surface area contributed by atoms with E-state index < -0.39 is 5.82 Å². The number of carbonyl (C=O) groups excluding carboxylic acids is 1. The van der Waals surface area contributed by atoms with Crippen molar-refractivity contribution in [1.82, 2.24) is 19.6 Å². The zero-order valence-electron chi connectivity index (χ0n) is 15.8. The third kappa shape index (κ3) is 4.33. The van der Waals surface area contributed by atoms with E-state index in [-0.39, 0.29) is 23.0 Å². The molecule has 4 aromatic rings. The normalized spacial score (nSPS) is 10.9. The van der Waals surface area contributed by atoms with Gasteiger partial charge in [-0.3, -0.25) is 14.7 Å². The lowest BCUT2D eigenvalue weighted by atomic mass is 10.2. The minimum atomic E-state index is -0.421. The number of rotatable bonds is 6. The molecule has 2 aromatic carbocycles. The van der Waals surface area contributed by atoms with Gasteiger partial charge in [0.15, 0.2) is 16.6 Å². The lowest BCUT2D eigenvalue weighted by molar-refractivity contribution is -0.113. The van der Waals surface area contributed by atoms with Crippen LogP contribution in [0.15, 0.2) is 64.5 Å². The number of amides is 1. The van der Waals surface area contributed by atoms with Crippen LogP contribution in [-0.2, 0) is 4.79 Å². The summed E-state index contributed by atoms with van der Waals surface area (Å²) in [6, 6.07) is 14.1. The number of nitrogens with zero attached hydrogens (tertiary/aromatic N) is 3. The van der Waals surface area contributed by atoms with Gasteiger partial charge in [0.05, 0.1) is 12.9 Å². The van der Waals surface area contributed by atoms with Crippen molar-refractivity contribution in [3.8, 4) is 17.1 Å². The molecule has 152 valence electrons. The number of aromatic nitrogens is 4. The van der Waals surface area contributed by atoms with Crippen molar-refractivity contribution in [1.29, 1.82) is 0 Å². The number of fused-ring (bicyclic) bond motifs is 1. The highest BCUT2D eigenvalue weighted by atomic mass is 32.2. The Morgan fingerprint density at radius 3 is 2.73 bits per heavy atom. The van der Waals surface area contributed by atoms with Gasteiger partial charge in [-0.15, -0.1) is 0 Å². The topological polar surface area (TPSA) is 101 Å². The number of anilines is 1. The van der Waals surface area contributed by atoms with Crippen LogP contribution >= 0.6 is 11.8 Å². The fourth-order valence-corrected chi connectivity index (χ4v) is 3.49. The Hall–Kier alpha value is -3.66. The predicted molar refractivity (Wildman–Crippen MR) is 111 cm³/mol. The van der Waals surface area contributed by atoms with E-state index >= 15 is 0 Å². The quantitative estimate of drug-likeness (QED) is 0.461. The van der Waals surface area contributed by atoms with Crippen molar-refractivity contribution in [3.63, 3.8) is 0 Å². The molecule has 0 unspecified atom stereocenters. The van der Waals surface area contributed by atoms with Crippen molar-refractivity contribution >= 4 is 29.0 Å². The fraction of sp³-hybridized carbons (Fsp3) is 0.100. The first kappa shape index (κ1) is 19.6. The van der Waals surface area contributed by atoms with Crippen molar-refractivity contribution in [2.24, 2.45) is 0 Å². The molecule has 10 heteroatoms. The second-order valence-corrected chi connectivity index (χ2v) is 7.16. The molecule has 2 aromatic heterocycles. The van der Waals surface area contributed by atoms with Crippen molar-refractivity contribution in [2.45, 2.75) is 5.16 Å². The van der Waals surface area contributed by atoms with E-state index in [0.29, 0.717) is 27.8 Å². The summed E-state index contributed by atoms with van der Waals surface area (Å²) in [5.74, 6) is 0.314. The molecule has 4 rings (SSSR count). The molecule has 0 saturated heterocycles. The van der Waals surface area contributed by atoms with Crippen LogP contribution in [0.2, 0.25) is 0 Å². The van der Waals surface area contributed by atoms with Gasteiger partial charge in [0, 0.05) is 17.3 Å². The number of thioether (sulfide) groups is 1. The molecule has 0 spiro atoms. The number of aromatic amines is 1. The Labute approximate surface area is 174 Å². The van der Waals surface area contributed by atoms with E-state index in [4.69, 9.17) is 4.74 Å². The first-order valence-electron chi connectivity index (χ1n) is 8.84. The molecule has 0 aliphatic rings. The Kier molecular flexibility index (Phi) is 5.48. The molecule has 0 aliphatic heterocycles. The van der Waals surface area contributed by atoms with Crippen LogP contribution in [0.5, 0.6) is 5.75 Å². The van der Waals surface area contributed by atoms with E-state index in [2.05, 4.69) is 20.4 Å². The zero-order chi connectivity index (χ0) is 21.1. The Morgan fingerprint density at radius 2 is 2.00 bits per heavy atom. The second kappa shape index (κ2) is 8.37. The van der Waals surface area contributed by atoms with Gasteiger partial charge in [-0.05, 0) is 36.4 Å². The highest BCUT2D eigenvalue weighted by Crippen LogP contribution is 2.22. The zero-order valence-corrected chi connectivity index (χ0v) is 16.6. The number of hydrogen-bond donors (Lipinski definition) is 2. The monoisotopic (exact) mass is 425 g/mol. The summed E-state index contributed by atoms with van der Waals surface area (Å²) in [5.41, 5.74) is 1.07. The maximum Gasteiger partial charge on any atom is 0.266 e.